The summed E-state index contributed by atoms with van der Waals surface area (Å²) in [6.07, 6.45) is 0.285. The molecule has 0 heterocycles. The summed E-state index contributed by atoms with van der Waals surface area (Å²) >= 11 is 2.19. The monoisotopic (exact) mass is 332 g/mol. The Morgan fingerprint density at radius 2 is 1.50 bits per heavy atom. The van der Waals surface area contributed by atoms with Crippen LogP contribution in [0.4, 0.5) is 0 Å². The van der Waals surface area contributed by atoms with Gasteiger partial charge in [0, 0.05) is 22.3 Å². The van der Waals surface area contributed by atoms with Crippen LogP contribution in [0.1, 0.15) is 24.3 Å². The molecule has 0 bridgehead atoms. The van der Waals surface area contributed by atoms with Crippen LogP contribution in [0, 0.1) is 3.57 Å². The van der Waals surface area contributed by atoms with Gasteiger partial charge < -0.3 is 11.5 Å². The fourth-order valence-electron chi connectivity index (χ4n) is 1.53. The molecule has 86 valence electrons. The molecule has 1 aromatic carbocycles. The van der Waals surface area contributed by atoms with E-state index < -0.39 is 11.8 Å². The Morgan fingerprint density at radius 3 is 1.88 bits per heavy atom. The number of rotatable bonds is 5. The van der Waals surface area contributed by atoms with Crippen molar-refractivity contribution in [3.63, 3.8) is 0 Å². The zero-order valence-electron chi connectivity index (χ0n) is 8.65. The predicted octanol–water partition coefficient (Wildman–Crippen LogP) is 1.13. The minimum absolute atomic E-state index is 0.142. The fourth-order valence-corrected chi connectivity index (χ4v) is 1.89. The van der Waals surface area contributed by atoms with E-state index in [4.69, 9.17) is 11.5 Å². The van der Waals surface area contributed by atoms with Gasteiger partial charge in [-0.25, -0.2) is 0 Å². The third kappa shape index (κ3) is 4.18. The second-order valence-electron chi connectivity index (χ2n) is 3.59. The molecule has 0 radical (unpaired) electrons. The zero-order chi connectivity index (χ0) is 12.1. The lowest BCUT2D eigenvalue weighted by atomic mass is 9.92. The van der Waals surface area contributed by atoms with Gasteiger partial charge in [-0.05, 0) is 40.3 Å². The maximum absolute atomic E-state index is 10.9. The minimum Gasteiger partial charge on any atom is -0.370 e. The van der Waals surface area contributed by atoms with Crippen LogP contribution in [0.25, 0.3) is 0 Å². The first-order valence-corrected chi connectivity index (χ1v) is 5.89. The van der Waals surface area contributed by atoms with E-state index in [9.17, 15) is 9.59 Å². The normalized spacial score (nSPS) is 10.4. The number of hydrogen-bond donors (Lipinski definition) is 2. The lowest BCUT2D eigenvalue weighted by Gasteiger charge is -2.13. The van der Waals surface area contributed by atoms with E-state index in [0.717, 1.165) is 9.13 Å². The molecule has 1 aromatic rings. The fraction of sp³-hybridized carbons (Fsp3) is 0.273. The van der Waals surface area contributed by atoms with Crippen molar-refractivity contribution >= 4 is 34.4 Å². The van der Waals surface area contributed by atoms with Crippen LogP contribution in [0.2, 0.25) is 0 Å². The molecule has 0 saturated heterocycles. The van der Waals surface area contributed by atoms with Crippen molar-refractivity contribution in [3.05, 3.63) is 33.4 Å². The third-order valence-corrected chi connectivity index (χ3v) is 2.96. The van der Waals surface area contributed by atoms with Gasteiger partial charge in [-0.2, -0.15) is 0 Å². The van der Waals surface area contributed by atoms with Gasteiger partial charge in [0.1, 0.15) is 0 Å². The van der Waals surface area contributed by atoms with Gasteiger partial charge in [0.15, 0.2) is 0 Å². The number of benzene rings is 1. The van der Waals surface area contributed by atoms with Gasteiger partial charge in [0.2, 0.25) is 11.8 Å². The van der Waals surface area contributed by atoms with Crippen molar-refractivity contribution in [3.8, 4) is 0 Å². The Kier molecular flexibility index (Phi) is 4.72. The van der Waals surface area contributed by atoms with Crippen molar-refractivity contribution in [2.75, 3.05) is 0 Å². The first-order valence-electron chi connectivity index (χ1n) is 4.81. The highest BCUT2D eigenvalue weighted by Gasteiger charge is 2.16. The molecule has 0 aromatic heterocycles. The summed E-state index contributed by atoms with van der Waals surface area (Å²) < 4.78 is 1.10. The smallest absolute Gasteiger partial charge is 0.218 e. The first-order chi connectivity index (χ1) is 7.49. The second-order valence-corrected chi connectivity index (χ2v) is 4.83. The molecule has 0 unspecified atom stereocenters. The molecule has 0 aliphatic rings. The number of carbonyl (C=O) groups is 2. The van der Waals surface area contributed by atoms with Crippen molar-refractivity contribution in [2.24, 2.45) is 11.5 Å². The lowest BCUT2D eigenvalue weighted by molar-refractivity contribution is -0.119. The maximum atomic E-state index is 10.9. The number of nitrogens with two attached hydrogens (primary N) is 2. The highest BCUT2D eigenvalue weighted by Crippen LogP contribution is 2.23. The molecule has 5 heteroatoms. The summed E-state index contributed by atoms with van der Waals surface area (Å²) in [6, 6.07) is 7.62. The van der Waals surface area contributed by atoms with Crippen LogP contribution < -0.4 is 11.5 Å². The average molecular weight is 332 g/mol. The van der Waals surface area contributed by atoms with Gasteiger partial charge in [-0.1, -0.05) is 12.1 Å². The largest absolute Gasteiger partial charge is 0.370 e. The number of amides is 2. The quantitative estimate of drug-likeness (QED) is 0.792. The SMILES string of the molecule is NC(=O)CC(CC(N)=O)c1ccc(I)cc1. The molecular weight excluding hydrogens is 319 g/mol. The second kappa shape index (κ2) is 5.83. The summed E-state index contributed by atoms with van der Waals surface area (Å²) in [7, 11) is 0. The predicted molar refractivity (Wildman–Crippen MR) is 69.5 cm³/mol. The standard InChI is InChI=1S/C11H13IN2O2/c12-9-3-1-7(2-4-9)8(5-10(13)15)6-11(14)16/h1-4,8H,5-6H2,(H2,13,15)(H2,14,16). The highest BCUT2D eigenvalue weighted by atomic mass is 127. The van der Waals surface area contributed by atoms with Gasteiger partial charge in [0.25, 0.3) is 0 Å². The topological polar surface area (TPSA) is 86.2 Å². The third-order valence-electron chi connectivity index (χ3n) is 2.24. The zero-order valence-corrected chi connectivity index (χ0v) is 10.8. The summed E-state index contributed by atoms with van der Waals surface area (Å²) in [6.45, 7) is 0. The van der Waals surface area contributed by atoms with Crippen LogP contribution in [0.15, 0.2) is 24.3 Å². The van der Waals surface area contributed by atoms with Gasteiger partial charge in [-0.3, -0.25) is 9.59 Å². The van der Waals surface area contributed by atoms with E-state index in [0.29, 0.717) is 0 Å². The van der Waals surface area contributed by atoms with Crippen molar-refractivity contribution < 1.29 is 9.59 Å². The van der Waals surface area contributed by atoms with Gasteiger partial charge >= 0.3 is 0 Å². The van der Waals surface area contributed by atoms with E-state index in [1.54, 1.807) is 0 Å². The Morgan fingerprint density at radius 1 is 1.06 bits per heavy atom. The number of hydrogen-bond acceptors (Lipinski definition) is 2. The number of halogens is 1. The van der Waals surface area contributed by atoms with Gasteiger partial charge in [-0.15, -0.1) is 0 Å². The molecule has 4 N–H and O–H groups in total. The highest BCUT2D eigenvalue weighted by molar-refractivity contribution is 14.1. The molecule has 0 saturated carbocycles. The van der Waals surface area contributed by atoms with Crippen molar-refractivity contribution in [1.82, 2.24) is 0 Å². The summed E-state index contributed by atoms with van der Waals surface area (Å²) in [4.78, 5) is 21.8. The molecule has 16 heavy (non-hydrogen) atoms. The van der Waals surface area contributed by atoms with Crippen LogP contribution in [-0.4, -0.2) is 11.8 Å². The Hall–Kier alpha value is -1.11. The maximum Gasteiger partial charge on any atom is 0.218 e. The molecule has 2 amide bonds. The molecule has 1 rings (SSSR count). The molecule has 0 spiro atoms. The van der Waals surface area contributed by atoms with E-state index in [2.05, 4.69) is 22.6 Å². The van der Waals surface area contributed by atoms with Crippen LogP contribution in [0.5, 0.6) is 0 Å². The van der Waals surface area contributed by atoms with Crippen molar-refractivity contribution in [1.29, 1.82) is 0 Å². The van der Waals surface area contributed by atoms with Gasteiger partial charge in [0.05, 0.1) is 0 Å². The summed E-state index contributed by atoms with van der Waals surface area (Å²) in [5.74, 6) is -1.07. The Bertz CT molecular complexity index is 373. The number of carbonyl (C=O) groups excluding carboxylic acids is 2. The van der Waals surface area contributed by atoms with E-state index in [1.807, 2.05) is 24.3 Å². The van der Waals surface area contributed by atoms with E-state index >= 15 is 0 Å². The molecule has 4 nitrogen and oxygen atoms in total. The van der Waals surface area contributed by atoms with E-state index in [1.165, 1.54) is 0 Å². The molecule has 0 fully saturated rings. The van der Waals surface area contributed by atoms with Crippen molar-refractivity contribution in [2.45, 2.75) is 18.8 Å². The Labute approximate surface area is 108 Å². The molecule has 0 atom stereocenters. The molecular formula is C11H13IN2O2. The molecule has 0 aliphatic carbocycles. The number of primary amides is 2. The van der Waals surface area contributed by atoms with Crippen LogP contribution in [0.3, 0.4) is 0 Å². The minimum atomic E-state index is -0.426. The average Bonchev–Trinajstić information content (AvgIpc) is 2.16. The summed E-state index contributed by atoms with van der Waals surface area (Å²) in [5.41, 5.74) is 11.2. The first kappa shape index (κ1) is 13.0. The van der Waals surface area contributed by atoms with Crippen LogP contribution in [-0.2, 0) is 9.59 Å². The Balaban J connectivity index is 2.86. The van der Waals surface area contributed by atoms with E-state index in [-0.39, 0.29) is 18.8 Å². The van der Waals surface area contributed by atoms with Crippen LogP contribution >= 0.6 is 22.6 Å². The lowest BCUT2D eigenvalue weighted by Crippen LogP contribution is -2.20. The summed E-state index contributed by atoms with van der Waals surface area (Å²) in [5, 5.41) is 0. The molecule has 0 aliphatic heterocycles.